The number of hydrogen-bond acceptors (Lipinski definition) is 2. The van der Waals surface area contributed by atoms with Crippen LogP contribution in [0.3, 0.4) is 0 Å². The van der Waals surface area contributed by atoms with Crippen LogP contribution >= 0.6 is 11.3 Å². The smallest absolute Gasteiger partial charge is 0.123 e. The highest BCUT2D eigenvalue weighted by Gasteiger charge is 2.03. The van der Waals surface area contributed by atoms with Gasteiger partial charge < -0.3 is 5.32 Å². The van der Waals surface area contributed by atoms with Gasteiger partial charge in [0.15, 0.2) is 0 Å². The molecule has 14 heavy (non-hydrogen) atoms. The van der Waals surface area contributed by atoms with Crippen molar-refractivity contribution in [2.75, 3.05) is 6.54 Å². The maximum Gasteiger partial charge on any atom is 0.123 e. The molecule has 0 bridgehead atoms. The Labute approximate surface area is 86.6 Å². The SMILES string of the molecule is CCNCc1csc2ccc(F)cc12. The molecule has 1 aromatic heterocycles. The third-order valence-electron chi connectivity index (χ3n) is 2.18. The Kier molecular flexibility index (Phi) is 2.79. The van der Waals surface area contributed by atoms with Crippen LogP contribution in [-0.4, -0.2) is 6.54 Å². The molecule has 1 heterocycles. The zero-order valence-electron chi connectivity index (χ0n) is 8.01. The number of nitrogens with one attached hydrogen (secondary N) is 1. The molecule has 1 aromatic carbocycles. The summed E-state index contributed by atoms with van der Waals surface area (Å²) in [6.45, 7) is 3.82. The van der Waals surface area contributed by atoms with Gasteiger partial charge in [-0.3, -0.25) is 0 Å². The minimum atomic E-state index is -0.159. The molecule has 0 atom stereocenters. The first kappa shape index (κ1) is 9.62. The van der Waals surface area contributed by atoms with Gasteiger partial charge in [0.25, 0.3) is 0 Å². The molecular formula is C11H12FNS. The van der Waals surface area contributed by atoms with Crippen LogP contribution in [0.15, 0.2) is 23.6 Å². The van der Waals surface area contributed by atoms with Crippen LogP contribution in [0.5, 0.6) is 0 Å². The standard InChI is InChI=1S/C11H12FNS/c1-2-13-6-8-7-14-11-4-3-9(12)5-10(8)11/h3-5,7,13H,2,6H2,1H3. The van der Waals surface area contributed by atoms with Gasteiger partial charge >= 0.3 is 0 Å². The first-order valence-electron chi connectivity index (χ1n) is 4.67. The van der Waals surface area contributed by atoms with Crippen molar-refractivity contribution >= 4 is 21.4 Å². The Morgan fingerprint density at radius 2 is 2.29 bits per heavy atom. The lowest BCUT2D eigenvalue weighted by Crippen LogP contribution is -2.11. The van der Waals surface area contributed by atoms with E-state index in [9.17, 15) is 4.39 Å². The van der Waals surface area contributed by atoms with Crippen LogP contribution < -0.4 is 5.32 Å². The van der Waals surface area contributed by atoms with Crippen molar-refractivity contribution in [3.63, 3.8) is 0 Å². The first-order chi connectivity index (χ1) is 6.81. The van der Waals surface area contributed by atoms with Gasteiger partial charge in [-0.05, 0) is 41.1 Å². The summed E-state index contributed by atoms with van der Waals surface area (Å²) in [4.78, 5) is 0. The molecule has 0 spiro atoms. The summed E-state index contributed by atoms with van der Waals surface area (Å²) in [5.74, 6) is -0.159. The van der Waals surface area contributed by atoms with Crippen molar-refractivity contribution in [3.05, 3.63) is 35.0 Å². The normalized spacial score (nSPS) is 11.0. The summed E-state index contributed by atoms with van der Waals surface area (Å²) < 4.78 is 14.2. The number of hydrogen-bond donors (Lipinski definition) is 1. The summed E-state index contributed by atoms with van der Waals surface area (Å²) in [6, 6.07) is 4.96. The number of thiophene rings is 1. The molecule has 3 heteroatoms. The van der Waals surface area contributed by atoms with Crippen molar-refractivity contribution in [2.24, 2.45) is 0 Å². The fourth-order valence-electron chi connectivity index (χ4n) is 1.45. The van der Waals surface area contributed by atoms with E-state index in [2.05, 4.69) is 17.6 Å². The summed E-state index contributed by atoms with van der Waals surface area (Å²) >= 11 is 1.67. The zero-order chi connectivity index (χ0) is 9.97. The molecule has 74 valence electrons. The molecule has 0 saturated heterocycles. The van der Waals surface area contributed by atoms with Crippen LogP contribution in [0.1, 0.15) is 12.5 Å². The van der Waals surface area contributed by atoms with E-state index in [1.807, 2.05) is 6.07 Å². The van der Waals surface area contributed by atoms with Gasteiger partial charge in [-0.1, -0.05) is 6.92 Å². The minimum Gasteiger partial charge on any atom is -0.313 e. The molecule has 0 aliphatic carbocycles. The van der Waals surface area contributed by atoms with E-state index in [-0.39, 0.29) is 5.82 Å². The van der Waals surface area contributed by atoms with E-state index in [1.165, 1.54) is 11.6 Å². The topological polar surface area (TPSA) is 12.0 Å². The van der Waals surface area contributed by atoms with Crippen LogP contribution in [0.2, 0.25) is 0 Å². The third kappa shape index (κ3) is 1.79. The molecule has 0 aliphatic rings. The molecule has 0 fully saturated rings. The number of fused-ring (bicyclic) bond motifs is 1. The highest BCUT2D eigenvalue weighted by atomic mass is 32.1. The van der Waals surface area contributed by atoms with Gasteiger partial charge in [0.05, 0.1) is 0 Å². The average molecular weight is 209 g/mol. The van der Waals surface area contributed by atoms with Gasteiger partial charge in [0.1, 0.15) is 5.82 Å². The Balaban J connectivity index is 2.40. The molecular weight excluding hydrogens is 197 g/mol. The summed E-state index contributed by atoms with van der Waals surface area (Å²) in [6.07, 6.45) is 0. The Morgan fingerprint density at radius 1 is 1.43 bits per heavy atom. The summed E-state index contributed by atoms with van der Waals surface area (Å²) in [7, 11) is 0. The van der Waals surface area contributed by atoms with E-state index in [4.69, 9.17) is 0 Å². The molecule has 0 radical (unpaired) electrons. The summed E-state index contributed by atoms with van der Waals surface area (Å²) in [5, 5.41) is 6.37. The molecule has 1 nitrogen and oxygen atoms in total. The molecule has 2 aromatic rings. The highest BCUT2D eigenvalue weighted by molar-refractivity contribution is 7.17. The second-order valence-electron chi connectivity index (χ2n) is 3.18. The predicted octanol–water partition coefficient (Wildman–Crippen LogP) is 3.15. The van der Waals surface area contributed by atoms with Gasteiger partial charge in [-0.25, -0.2) is 4.39 Å². The van der Waals surface area contributed by atoms with Gasteiger partial charge in [-0.15, -0.1) is 11.3 Å². The highest BCUT2D eigenvalue weighted by Crippen LogP contribution is 2.26. The lowest BCUT2D eigenvalue weighted by Gasteiger charge is -1.99. The van der Waals surface area contributed by atoms with Crippen LogP contribution in [0.25, 0.3) is 10.1 Å². The number of halogens is 1. The van der Waals surface area contributed by atoms with E-state index < -0.39 is 0 Å². The quantitative estimate of drug-likeness (QED) is 0.818. The maximum absolute atomic E-state index is 13.0. The van der Waals surface area contributed by atoms with E-state index in [0.717, 1.165) is 23.2 Å². The van der Waals surface area contributed by atoms with E-state index in [0.29, 0.717) is 0 Å². The van der Waals surface area contributed by atoms with Crippen LogP contribution in [0.4, 0.5) is 4.39 Å². The lowest BCUT2D eigenvalue weighted by atomic mass is 10.2. The van der Waals surface area contributed by atoms with Crippen molar-refractivity contribution in [3.8, 4) is 0 Å². The largest absolute Gasteiger partial charge is 0.313 e. The second kappa shape index (κ2) is 4.07. The van der Waals surface area contributed by atoms with Crippen LogP contribution in [0, 0.1) is 5.82 Å². The van der Waals surface area contributed by atoms with E-state index in [1.54, 1.807) is 17.4 Å². The number of rotatable bonds is 3. The summed E-state index contributed by atoms with van der Waals surface area (Å²) in [5.41, 5.74) is 1.19. The third-order valence-corrected chi connectivity index (χ3v) is 3.19. The van der Waals surface area contributed by atoms with Crippen molar-refractivity contribution in [1.29, 1.82) is 0 Å². The minimum absolute atomic E-state index is 0.159. The van der Waals surface area contributed by atoms with Gasteiger partial charge in [-0.2, -0.15) is 0 Å². The van der Waals surface area contributed by atoms with Crippen molar-refractivity contribution in [1.82, 2.24) is 5.32 Å². The van der Waals surface area contributed by atoms with Gasteiger partial charge in [0.2, 0.25) is 0 Å². The zero-order valence-corrected chi connectivity index (χ0v) is 8.83. The Morgan fingerprint density at radius 3 is 3.07 bits per heavy atom. The van der Waals surface area contributed by atoms with Crippen LogP contribution in [-0.2, 0) is 6.54 Å². The second-order valence-corrected chi connectivity index (χ2v) is 4.09. The molecule has 0 aliphatic heterocycles. The van der Waals surface area contributed by atoms with Crippen molar-refractivity contribution in [2.45, 2.75) is 13.5 Å². The van der Waals surface area contributed by atoms with E-state index >= 15 is 0 Å². The average Bonchev–Trinajstić information content (AvgIpc) is 2.57. The fraction of sp³-hybridized carbons (Fsp3) is 0.273. The number of benzene rings is 1. The molecule has 2 rings (SSSR count). The molecule has 0 saturated carbocycles. The lowest BCUT2D eigenvalue weighted by molar-refractivity contribution is 0.629. The molecule has 0 amide bonds. The molecule has 0 unspecified atom stereocenters. The molecule has 1 N–H and O–H groups in total. The Hall–Kier alpha value is -0.930. The monoisotopic (exact) mass is 209 g/mol. The Bertz CT molecular complexity index is 436. The fourth-order valence-corrected chi connectivity index (χ4v) is 2.39. The van der Waals surface area contributed by atoms with Crippen molar-refractivity contribution < 1.29 is 4.39 Å². The predicted molar refractivity (Wildman–Crippen MR) is 59.2 cm³/mol. The maximum atomic E-state index is 13.0. The van der Waals surface area contributed by atoms with Gasteiger partial charge in [0, 0.05) is 11.2 Å². The first-order valence-corrected chi connectivity index (χ1v) is 5.55.